The normalized spacial score (nSPS) is 18.5. The maximum absolute atomic E-state index is 12.2. The van der Waals surface area contributed by atoms with Crippen molar-refractivity contribution in [2.75, 3.05) is 0 Å². The van der Waals surface area contributed by atoms with E-state index < -0.39 is 18.6 Å². The largest absolute Gasteiger partial charge is 0.487 e. The Hall–Kier alpha value is -1.23. The van der Waals surface area contributed by atoms with Gasteiger partial charge in [0.15, 0.2) is 0 Å². The SMILES string of the molecule is CC(CC(F)(F)F)NCc1ccc2c(c1)CC(C)(C)O2. The minimum absolute atomic E-state index is 0.196. The first-order valence-corrected chi connectivity index (χ1v) is 6.76. The minimum atomic E-state index is -4.12. The summed E-state index contributed by atoms with van der Waals surface area (Å²) >= 11 is 0. The van der Waals surface area contributed by atoms with Crippen molar-refractivity contribution in [3.8, 4) is 5.75 Å². The standard InChI is InChI=1S/C15H20F3NO/c1-10(7-15(16,17)18)19-9-11-4-5-13-12(6-11)8-14(2,3)20-13/h4-6,10,19H,7-9H2,1-3H3. The van der Waals surface area contributed by atoms with Gasteiger partial charge in [0.2, 0.25) is 0 Å². The highest BCUT2D eigenvalue weighted by atomic mass is 19.4. The van der Waals surface area contributed by atoms with Gasteiger partial charge < -0.3 is 10.1 Å². The van der Waals surface area contributed by atoms with Crippen molar-refractivity contribution in [2.24, 2.45) is 0 Å². The Morgan fingerprint density at radius 1 is 1.35 bits per heavy atom. The Morgan fingerprint density at radius 3 is 2.70 bits per heavy atom. The molecule has 2 rings (SSSR count). The monoisotopic (exact) mass is 287 g/mol. The second-order valence-corrected chi connectivity index (χ2v) is 6.08. The van der Waals surface area contributed by atoms with E-state index in [0.717, 1.165) is 23.3 Å². The van der Waals surface area contributed by atoms with Crippen molar-refractivity contribution < 1.29 is 17.9 Å². The van der Waals surface area contributed by atoms with Crippen LogP contribution in [-0.2, 0) is 13.0 Å². The van der Waals surface area contributed by atoms with Gasteiger partial charge in [0, 0.05) is 19.0 Å². The first kappa shape index (κ1) is 15.2. The summed E-state index contributed by atoms with van der Waals surface area (Å²) in [5, 5.41) is 2.91. The molecule has 1 N–H and O–H groups in total. The van der Waals surface area contributed by atoms with Gasteiger partial charge in [-0.2, -0.15) is 13.2 Å². The summed E-state index contributed by atoms with van der Waals surface area (Å²) in [6, 6.07) is 5.22. The maximum atomic E-state index is 12.2. The van der Waals surface area contributed by atoms with E-state index in [-0.39, 0.29) is 5.60 Å². The summed E-state index contributed by atoms with van der Waals surface area (Å²) in [4.78, 5) is 0. The van der Waals surface area contributed by atoms with Crippen LogP contribution in [-0.4, -0.2) is 17.8 Å². The summed E-state index contributed by atoms with van der Waals surface area (Å²) in [6.45, 7) is 6.03. The number of benzene rings is 1. The van der Waals surface area contributed by atoms with Gasteiger partial charge in [0.25, 0.3) is 0 Å². The summed E-state index contributed by atoms with van der Waals surface area (Å²) in [5.41, 5.74) is 1.91. The second kappa shape index (κ2) is 5.28. The molecule has 0 aromatic heterocycles. The predicted molar refractivity (Wildman–Crippen MR) is 71.8 cm³/mol. The van der Waals surface area contributed by atoms with Gasteiger partial charge in [-0.1, -0.05) is 12.1 Å². The molecule has 112 valence electrons. The smallest absolute Gasteiger partial charge is 0.390 e. The van der Waals surface area contributed by atoms with Gasteiger partial charge in [0.05, 0.1) is 6.42 Å². The lowest BCUT2D eigenvalue weighted by molar-refractivity contribution is -0.139. The van der Waals surface area contributed by atoms with E-state index in [1.807, 2.05) is 32.0 Å². The zero-order chi connectivity index (χ0) is 15.0. The quantitative estimate of drug-likeness (QED) is 0.908. The molecule has 0 amide bonds. The fourth-order valence-electron chi connectivity index (χ4n) is 2.48. The average molecular weight is 287 g/mol. The third kappa shape index (κ3) is 4.13. The number of fused-ring (bicyclic) bond motifs is 1. The third-order valence-electron chi connectivity index (χ3n) is 3.32. The topological polar surface area (TPSA) is 21.3 Å². The van der Waals surface area contributed by atoms with E-state index in [1.165, 1.54) is 0 Å². The predicted octanol–water partition coefficient (Wildman–Crippen LogP) is 3.83. The van der Waals surface area contributed by atoms with Gasteiger partial charge in [-0.05, 0) is 38.0 Å². The van der Waals surface area contributed by atoms with Gasteiger partial charge >= 0.3 is 6.18 Å². The molecule has 0 aliphatic carbocycles. The number of rotatable bonds is 4. The fraction of sp³-hybridized carbons (Fsp3) is 0.600. The lowest BCUT2D eigenvalue weighted by Gasteiger charge is -2.16. The van der Waals surface area contributed by atoms with Crippen LogP contribution in [0.4, 0.5) is 13.2 Å². The van der Waals surface area contributed by atoms with Crippen LogP contribution in [0.25, 0.3) is 0 Å². The molecule has 20 heavy (non-hydrogen) atoms. The van der Waals surface area contributed by atoms with Crippen LogP contribution in [0.15, 0.2) is 18.2 Å². The Bertz CT molecular complexity index is 482. The fourth-order valence-corrected chi connectivity index (χ4v) is 2.48. The van der Waals surface area contributed by atoms with Crippen LogP contribution in [0, 0.1) is 0 Å². The van der Waals surface area contributed by atoms with Gasteiger partial charge in [-0.15, -0.1) is 0 Å². The highest BCUT2D eigenvalue weighted by Gasteiger charge is 2.31. The van der Waals surface area contributed by atoms with Crippen LogP contribution in [0.5, 0.6) is 5.75 Å². The summed E-state index contributed by atoms with van der Waals surface area (Å²) in [7, 11) is 0. The summed E-state index contributed by atoms with van der Waals surface area (Å²) in [5.74, 6) is 0.877. The Kier molecular flexibility index (Phi) is 4.00. The highest BCUT2D eigenvalue weighted by Crippen LogP contribution is 2.35. The van der Waals surface area contributed by atoms with Crippen molar-refractivity contribution in [2.45, 2.75) is 58.0 Å². The average Bonchev–Trinajstić information content (AvgIpc) is 2.57. The van der Waals surface area contributed by atoms with Gasteiger partial charge in [-0.3, -0.25) is 0 Å². The number of halogens is 3. The van der Waals surface area contributed by atoms with Crippen molar-refractivity contribution in [3.05, 3.63) is 29.3 Å². The Morgan fingerprint density at radius 2 is 2.05 bits per heavy atom. The molecule has 1 atom stereocenters. The molecule has 1 aliphatic rings. The maximum Gasteiger partial charge on any atom is 0.390 e. The van der Waals surface area contributed by atoms with Gasteiger partial charge in [0.1, 0.15) is 11.4 Å². The van der Waals surface area contributed by atoms with E-state index in [4.69, 9.17) is 4.74 Å². The second-order valence-electron chi connectivity index (χ2n) is 6.08. The lowest BCUT2D eigenvalue weighted by Crippen LogP contribution is -2.30. The Labute approximate surface area is 117 Å². The lowest BCUT2D eigenvalue weighted by atomic mass is 10.00. The first-order chi connectivity index (χ1) is 9.15. The molecular formula is C15H20F3NO. The molecule has 0 saturated carbocycles. The molecule has 1 aromatic rings. The van der Waals surface area contributed by atoms with Crippen molar-refractivity contribution in [1.82, 2.24) is 5.32 Å². The Balaban J connectivity index is 1.93. The summed E-state index contributed by atoms with van der Waals surface area (Å²) < 4.78 is 42.5. The van der Waals surface area contributed by atoms with Gasteiger partial charge in [-0.25, -0.2) is 0 Å². The van der Waals surface area contributed by atoms with E-state index >= 15 is 0 Å². The van der Waals surface area contributed by atoms with E-state index in [9.17, 15) is 13.2 Å². The minimum Gasteiger partial charge on any atom is -0.487 e. The van der Waals surface area contributed by atoms with E-state index in [1.54, 1.807) is 6.92 Å². The molecule has 0 bridgehead atoms. The molecule has 2 nitrogen and oxygen atoms in total. The molecular weight excluding hydrogens is 267 g/mol. The molecule has 0 spiro atoms. The van der Waals surface area contributed by atoms with Crippen LogP contribution in [0.3, 0.4) is 0 Å². The molecule has 1 unspecified atom stereocenters. The third-order valence-corrected chi connectivity index (χ3v) is 3.32. The van der Waals surface area contributed by atoms with Crippen molar-refractivity contribution in [1.29, 1.82) is 0 Å². The van der Waals surface area contributed by atoms with Crippen molar-refractivity contribution >= 4 is 0 Å². The molecule has 0 fully saturated rings. The first-order valence-electron chi connectivity index (χ1n) is 6.76. The highest BCUT2D eigenvalue weighted by molar-refractivity contribution is 5.41. The van der Waals surface area contributed by atoms with Crippen LogP contribution >= 0.6 is 0 Å². The molecule has 5 heteroatoms. The number of hydrogen-bond donors (Lipinski definition) is 1. The molecule has 1 aromatic carbocycles. The number of hydrogen-bond acceptors (Lipinski definition) is 2. The summed E-state index contributed by atoms with van der Waals surface area (Å²) in [6.07, 6.45) is -4.11. The number of ether oxygens (including phenoxy) is 1. The van der Waals surface area contributed by atoms with Crippen molar-refractivity contribution in [3.63, 3.8) is 0 Å². The van der Waals surface area contributed by atoms with Crippen LogP contribution < -0.4 is 10.1 Å². The number of alkyl halides is 3. The molecule has 0 radical (unpaired) electrons. The van der Waals surface area contributed by atoms with Crippen LogP contribution in [0.2, 0.25) is 0 Å². The van der Waals surface area contributed by atoms with E-state index in [0.29, 0.717) is 6.54 Å². The molecule has 1 aliphatic heterocycles. The van der Waals surface area contributed by atoms with Crippen LogP contribution in [0.1, 0.15) is 38.3 Å². The zero-order valence-corrected chi connectivity index (χ0v) is 12.0. The zero-order valence-electron chi connectivity index (χ0n) is 12.0. The molecule has 1 heterocycles. The number of nitrogens with one attached hydrogen (secondary N) is 1. The van der Waals surface area contributed by atoms with E-state index in [2.05, 4.69) is 5.32 Å². The molecule has 0 saturated heterocycles.